The Labute approximate surface area is 91.2 Å². The van der Waals surface area contributed by atoms with E-state index in [9.17, 15) is 4.79 Å². The number of hydrogen-bond donors (Lipinski definition) is 0. The molecule has 0 fully saturated rings. The van der Waals surface area contributed by atoms with Gasteiger partial charge in [0.05, 0.1) is 5.56 Å². The lowest BCUT2D eigenvalue weighted by molar-refractivity contribution is -0.142. The topological polar surface area (TPSA) is 52.1 Å². The van der Waals surface area contributed by atoms with Crippen LogP contribution < -0.4 is 0 Å². The number of aryl methyl sites for hydroxylation is 1. The van der Waals surface area contributed by atoms with Crippen LogP contribution in [0.1, 0.15) is 18.3 Å². The van der Waals surface area contributed by atoms with Gasteiger partial charge in [-0.2, -0.15) is 0 Å². The van der Waals surface area contributed by atoms with Gasteiger partial charge < -0.3 is 4.74 Å². The molecule has 0 unspecified atom stereocenters. The van der Waals surface area contributed by atoms with Gasteiger partial charge in [0.25, 0.3) is 0 Å². The van der Waals surface area contributed by atoms with Crippen LogP contribution in [-0.4, -0.2) is 15.9 Å². The van der Waals surface area contributed by atoms with E-state index in [1.165, 1.54) is 6.92 Å². The quantitative estimate of drug-likeness (QED) is 0.582. The summed E-state index contributed by atoms with van der Waals surface area (Å²) in [6, 6.07) is 0. The van der Waals surface area contributed by atoms with Crippen LogP contribution >= 0.6 is 23.2 Å². The molecule has 0 aliphatic rings. The third-order valence-electron chi connectivity index (χ3n) is 1.44. The highest BCUT2D eigenvalue weighted by atomic mass is 35.5. The molecule has 4 nitrogen and oxygen atoms in total. The van der Waals surface area contributed by atoms with Crippen LogP contribution in [0.15, 0.2) is 0 Å². The maximum atomic E-state index is 10.6. The molecule has 14 heavy (non-hydrogen) atoms. The van der Waals surface area contributed by atoms with Gasteiger partial charge in [0.2, 0.25) is 0 Å². The Morgan fingerprint density at radius 1 is 1.36 bits per heavy atom. The third-order valence-corrected chi connectivity index (χ3v) is 2.06. The molecule has 0 aliphatic heterocycles. The highest BCUT2D eigenvalue weighted by Crippen LogP contribution is 2.21. The summed E-state index contributed by atoms with van der Waals surface area (Å²) in [5, 5.41) is 0.424. The standard InChI is InChI=1S/C8H8Cl2N2O2/c1-4-11-7(9)6(8(10)12-4)3-14-5(2)13/h3H2,1-2H3. The first-order chi connectivity index (χ1) is 6.50. The number of rotatable bonds is 2. The second-order valence-electron chi connectivity index (χ2n) is 2.61. The van der Waals surface area contributed by atoms with Gasteiger partial charge in [-0.3, -0.25) is 4.79 Å². The predicted octanol–water partition coefficient (Wildman–Crippen LogP) is 2.15. The first-order valence-corrected chi connectivity index (χ1v) is 4.58. The van der Waals surface area contributed by atoms with E-state index in [0.29, 0.717) is 11.4 Å². The maximum Gasteiger partial charge on any atom is 0.302 e. The van der Waals surface area contributed by atoms with Crippen LogP contribution in [0.2, 0.25) is 10.3 Å². The number of halogens is 2. The molecule has 0 saturated heterocycles. The second-order valence-corrected chi connectivity index (χ2v) is 3.33. The van der Waals surface area contributed by atoms with E-state index in [1.807, 2.05) is 0 Å². The number of aromatic nitrogens is 2. The summed E-state index contributed by atoms with van der Waals surface area (Å²) in [7, 11) is 0. The van der Waals surface area contributed by atoms with Crippen molar-refractivity contribution in [3.05, 3.63) is 21.7 Å². The first kappa shape index (κ1) is 11.2. The molecule has 0 amide bonds. The second kappa shape index (κ2) is 4.57. The molecule has 0 N–H and O–H groups in total. The van der Waals surface area contributed by atoms with Crippen molar-refractivity contribution >= 4 is 29.2 Å². The Bertz CT molecular complexity index is 345. The highest BCUT2D eigenvalue weighted by molar-refractivity contribution is 6.34. The van der Waals surface area contributed by atoms with Crippen molar-refractivity contribution in [2.24, 2.45) is 0 Å². The molecule has 0 saturated carbocycles. The van der Waals surface area contributed by atoms with Crippen molar-refractivity contribution in [1.82, 2.24) is 9.97 Å². The minimum Gasteiger partial charge on any atom is -0.461 e. The zero-order valence-corrected chi connectivity index (χ0v) is 9.19. The largest absolute Gasteiger partial charge is 0.461 e. The van der Waals surface area contributed by atoms with E-state index in [1.54, 1.807) is 6.92 Å². The van der Waals surface area contributed by atoms with Gasteiger partial charge in [-0.1, -0.05) is 23.2 Å². The summed E-state index contributed by atoms with van der Waals surface area (Å²) in [6.45, 7) is 2.97. The van der Waals surface area contributed by atoms with Crippen LogP contribution in [0.3, 0.4) is 0 Å². The summed E-state index contributed by atoms with van der Waals surface area (Å²) in [6.07, 6.45) is 0. The summed E-state index contributed by atoms with van der Waals surface area (Å²) in [4.78, 5) is 18.3. The van der Waals surface area contributed by atoms with Gasteiger partial charge in [0.1, 0.15) is 22.7 Å². The molecule has 1 heterocycles. The fourth-order valence-electron chi connectivity index (χ4n) is 0.822. The van der Waals surface area contributed by atoms with Crippen molar-refractivity contribution in [3.63, 3.8) is 0 Å². The van der Waals surface area contributed by atoms with Crippen LogP contribution in [0.25, 0.3) is 0 Å². The number of carbonyl (C=O) groups is 1. The number of esters is 1. The first-order valence-electron chi connectivity index (χ1n) is 3.82. The molecule has 1 rings (SSSR count). The molecule has 0 aliphatic carbocycles. The molecule has 6 heteroatoms. The number of ether oxygens (including phenoxy) is 1. The van der Waals surface area contributed by atoms with E-state index in [-0.39, 0.29) is 16.9 Å². The molecule has 0 atom stereocenters. The van der Waals surface area contributed by atoms with Gasteiger partial charge in [-0.05, 0) is 6.92 Å². The van der Waals surface area contributed by atoms with Crippen molar-refractivity contribution < 1.29 is 9.53 Å². The molecular formula is C8H8Cl2N2O2. The summed E-state index contributed by atoms with van der Waals surface area (Å²) < 4.78 is 4.74. The monoisotopic (exact) mass is 234 g/mol. The molecule has 0 bridgehead atoms. The fourth-order valence-corrected chi connectivity index (χ4v) is 1.40. The average molecular weight is 235 g/mol. The minimum absolute atomic E-state index is 0.00667. The smallest absolute Gasteiger partial charge is 0.302 e. The Morgan fingerprint density at radius 2 is 1.86 bits per heavy atom. The van der Waals surface area contributed by atoms with Gasteiger partial charge in [-0.15, -0.1) is 0 Å². The van der Waals surface area contributed by atoms with E-state index in [2.05, 4.69) is 9.97 Å². The lowest BCUT2D eigenvalue weighted by atomic mass is 10.3. The molecule has 1 aromatic heterocycles. The fraction of sp³-hybridized carbons (Fsp3) is 0.375. The molecule has 0 aromatic carbocycles. The zero-order chi connectivity index (χ0) is 10.7. The third kappa shape index (κ3) is 2.82. The molecule has 76 valence electrons. The Morgan fingerprint density at radius 3 is 2.29 bits per heavy atom. The Balaban J connectivity index is 2.91. The van der Waals surface area contributed by atoms with Crippen LogP contribution in [0.4, 0.5) is 0 Å². The Hall–Kier alpha value is -0.870. The van der Waals surface area contributed by atoms with Crippen molar-refractivity contribution in [2.45, 2.75) is 20.5 Å². The Kier molecular flexibility index (Phi) is 3.66. The lowest BCUT2D eigenvalue weighted by Gasteiger charge is -2.06. The molecule has 1 aromatic rings. The van der Waals surface area contributed by atoms with Gasteiger partial charge >= 0.3 is 5.97 Å². The van der Waals surface area contributed by atoms with Gasteiger partial charge in [-0.25, -0.2) is 9.97 Å². The van der Waals surface area contributed by atoms with Gasteiger partial charge in [0, 0.05) is 6.92 Å². The van der Waals surface area contributed by atoms with Crippen molar-refractivity contribution in [1.29, 1.82) is 0 Å². The van der Waals surface area contributed by atoms with Crippen LogP contribution in [0, 0.1) is 6.92 Å². The number of hydrogen-bond acceptors (Lipinski definition) is 4. The summed E-state index contributed by atoms with van der Waals surface area (Å²) >= 11 is 11.6. The lowest BCUT2D eigenvalue weighted by Crippen LogP contribution is -2.03. The van der Waals surface area contributed by atoms with E-state index < -0.39 is 5.97 Å². The van der Waals surface area contributed by atoms with Crippen LogP contribution in [0.5, 0.6) is 0 Å². The van der Waals surface area contributed by atoms with E-state index >= 15 is 0 Å². The molecular weight excluding hydrogens is 227 g/mol. The zero-order valence-electron chi connectivity index (χ0n) is 7.67. The summed E-state index contributed by atoms with van der Waals surface area (Å²) in [5.41, 5.74) is 0.425. The maximum absolute atomic E-state index is 10.6. The number of carbonyl (C=O) groups excluding carboxylic acids is 1. The average Bonchev–Trinajstić information content (AvgIpc) is 2.01. The van der Waals surface area contributed by atoms with Crippen molar-refractivity contribution in [2.75, 3.05) is 0 Å². The molecule has 0 spiro atoms. The summed E-state index contributed by atoms with van der Waals surface area (Å²) in [5.74, 6) is 0.0734. The number of nitrogens with zero attached hydrogens (tertiary/aromatic N) is 2. The van der Waals surface area contributed by atoms with E-state index in [4.69, 9.17) is 27.9 Å². The van der Waals surface area contributed by atoms with Crippen molar-refractivity contribution in [3.8, 4) is 0 Å². The van der Waals surface area contributed by atoms with Gasteiger partial charge in [0.15, 0.2) is 0 Å². The highest BCUT2D eigenvalue weighted by Gasteiger charge is 2.10. The SMILES string of the molecule is CC(=O)OCc1c(Cl)nc(C)nc1Cl. The van der Waals surface area contributed by atoms with Crippen LogP contribution in [-0.2, 0) is 16.1 Å². The van der Waals surface area contributed by atoms with E-state index in [0.717, 1.165) is 0 Å². The predicted molar refractivity (Wildman–Crippen MR) is 52.3 cm³/mol. The molecule has 0 radical (unpaired) electrons. The minimum atomic E-state index is -0.405. The normalized spacial score (nSPS) is 10.0.